The molecule has 1 unspecified atom stereocenters. The summed E-state index contributed by atoms with van der Waals surface area (Å²) in [6, 6.07) is 0. The molecule has 0 bridgehead atoms. The van der Waals surface area contributed by atoms with Gasteiger partial charge in [0.25, 0.3) is 0 Å². The van der Waals surface area contributed by atoms with Crippen LogP contribution in [-0.2, 0) is 18.0 Å². The molecular weight excluding hydrogens is 438 g/mol. The van der Waals surface area contributed by atoms with Gasteiger partial charge in [0.2, 0.25) is 0 Å². The Balaban J connectivity index is 4.55. The highest BCUT2D eigenvalue weighted by Crippen LogP contribution is 2.57. The van der Waals surface area contributed by atoms with Crippen LogP contribution in [0.25, 0.3) is 0 Å². The highest BCUT2D eigenvalue weighted by atomic mass is 31.3. The number of hydrogen-bond donors (Lipinski definition) is 3. The summed E-state index contributed by atoms with van der Waals surface area (Å²) in [7, 11) is -9.92. The van der Waals surface area contributed by atoms with Gasteiger partial charge in [-0.2, -0.15) is 4.31 Å². The van der Waals surface area contributed by atoms with E-state index in [0.29, 0.717) is 6.42 Å². The lowest BCUT2D eigenvalue weighted by molar-refractivity contribution is 0.187. The van der Waals surface area contributed by atoms with E-state index < -0.39 is 15.6 Å². The Bertz CT molecular complexity index is 769. The molecule has 7 nitrogen and oxygen atoms in total. The summed E-state index contributed by atoms with van der Waals surface area (Å²) in [6.45, 7) is 12.1. The zero-order chi connectivity index (χ0) is 24.1. The van der Waals surface area contributed by atoms with Gasteiger partial charge >= 0.3 is 15.6 Å². The van der Waals surface area contributed by atoms with Gasteiger partial charge in [0.05, 0.1) is 6.61 Å². The average molecular weight is 479 g/mol. The molecule has 1 atom stereocenters. The van der Waals surface area contributed by atoms with Crippen molar-refractivity contribution in [1.82, 2.24) is 0 Å². The van der Waals surface area contributed by atoms with Crippen molar-refractivity contribution < 1.29 is 32.6 Å². The fourth-order valence-corrected chi connectivity index (χ4v) is 4.48. The molecule has 0 rings (SSSR count). The Kier molecular flexibility index (Phi) is 14.7. The van der Waals surface area contributed by atoms with Crippen LogP contribution in [0.3, 0.4) is 0 Å². The maximum atomic E-state index is 11.6. The first-order chi connectivity index (χ1) is 14.3. The Labute approximate surface area is 187 Å². The van der Waals surface area contributed by atoms with Crippen LogP contribution in [-0.4, -0.2) is 21.3 Å². The molecule has 0 aromatic heterocycles. The maximum absolute atomic E-state index is 11.6. The topological polar surface area (TPSA) is 113 Å². The fraction of sp³-hybridized carbons (Fsp3) is 0.636. The van der Waals surface area contributed by atoms with Gasteiger partial charge in [-0.25, -0.2) is 9.13 Å². The van der Waals surface area contributed by atoms with E-state index in [0.717, 1.165) is 49.7 Å². The van der Waals surface area contributed by atoms with E-state index in [9.17, 15) is 14.0 Å². The molecule has 0 heterocycles. The molecule has 0 fully saturated rings. The predicted octanol–water partition coefficient (Wildman–Crippen LogP) is 7.14. The molecule has 0 aromatic carbocycles. The normalized spacial score (nSPS) is 16.0. The number of hydrogen-bond acceptors (Lipinski definition) is 4. The first kappa shape index (κ1) is 30.2. The van der Waals surface area contributed by atoms with Gasteiger partial charge in [-0.3, -0.25) is 4.52 Å². The Hall–Kier alpha value is -0.780. The van der Waals surface area contributed by atoms with Gasteiger partial charge in [-0.15, -0.1) is 0 Å². The van der Waals surface area contributed by atoms with Crippen LogP contribution in [0.5, 0.6) is 0 Å². The Morgan fingerprint density at radius 2 is 1.29 bits per heavy atom. The number of allylic oxidation sites excluding steroid dienone is 7. The van der Waals surface area contributed by atoms with Crippen molar-refractivity contribution in [2.24, 2.45) is 0 Å². The highest BCUT2D eigenvalue weighted by molar-refractivity contribution is 7.60. The predicted molar refractivity (Wildman–Crippen MR) is 127 cm³/mol. The third-order valence-corrected chi connectivity index (χ3v) is 6.91. The van der Waals surface area contributed by atoms with Crippen LogP contribution in [0.15, 0.2) is 46.1 Å². The lowest BCUT2D eigenvalue weighted by Gasteiger charge is -2.15. The van der Waals surface area contributed by atoms with E-state index in [1.807, 2.05) is 13.8 Å². The van der Waals surface area contributed by atoms with Crippen LogP contribution in [0.1, 0.15) is 86.5 Å². The first-order valence-corrected chi connectivity index (χ1v) is 13.6. The molecular formula is C22H40O7P2. The molecule has 0 spiro atoms. The van der Waals surface area contributed by atoms with Crippen molar-refractivity contribution in [3.63, 3.8) is 0 Å². The first-order valence-electron chi connectivity index (χ1n) is 10.6. The number of phosphoric acid groups is 2. The van der Waals surface area contributed by atoms with Gasteiger partial charge in [0.1, 0.15) is 0 Å². The second-order valence-electron chi connectivity index (χ2n) is 8.05. The molecule has 0 saturated heterocycles. The Morgan fingerprint density at radius 1 is 0.806 bits per heavy atom. The van der Waals surface area contributed by atoms with Gasteiger partial charge in [-0.1, -0.05) is 47.4 Å². The molecule has 9 heteroatoms. The van der Waals surface area contributed by atoms with E-state index in [1.54, 1.807) is 0 Å². The minimum atomic E-state index is -5.10. The number of rotatable bonds is 15. The summed E-state index contributed by atoms with van der Waals surface area (Å²) in [4.78, 5) is 26.7. The zero-order valence-corrected chi connectivity index (χ0v) is 21.5. The SMILES string of the molecule is CC/C(COP(=O)(O)OP(=O)(O)O)=C(/C)CC/C=C(\C)CC/C=C(\C)CCC=C(C)C. The van der Waals surface area contributed by atoms with Crippen LogP contribution in [0.4, 0.5) is 0 Å². The molecule has 0 aliphatic heterocycles. The van der Waals surface area contributed by atoms with Crippen LogP contribution >= 0.6 is 15.6 Å². The quantitative estimate of drug-likeness (QED) is 0.169. The van der Waals surface area contributed by atoms with Gasteiger partial charge in [-0.05, 0) is 85.1 Å². The van der Waals surface area contributed by atoms with E-state index >= 15 is 0 Å². The second kappa shape index (κ2) is 15.1. The molecule has 0 aliphatic carbocycles. The smallest absolute Gasteiger partial charge is 0.302 e. The van der Waals surface area contributed by atoms with E-state index in [-0.39, 0.29) is 6.61 Å². The maximum Gasteiger partial charge on any atom is 0.481 e. The average Bonchev–Trinajstić information content (AvgIpc) is 2.59. The van der Waals surface area contributed by atoms with Gasteiger partial charge < -0.3 is 14.7 Å². The van der Waals surface area contributed by atoms with Crippen molar-refractivity contribution in [2.45, 2.75) is 86.5 Å². The Morgan fingerprint density at radius 3 is 1.74 bits per heavy atom. The van der Waals surface area contributed by atoms with Crippen molar-refractivity contribution in [1.29, 1.82) is 0 Å². The molecule has 3 N–H and O–H groups in total. The zero-order valence-electron chi connectivity index (χ0n) is 19.8. The van der Waals surface area contributed by atoms with E-state index in [1.165, 1.54) is 16.7 Å². The molecule has 0 aliphatic rings. The highest BCUT2D eigenvalue weighted by Gasteiger charge is 2.32. The largest absolute Gasteiger partial charge is 0.481 e. The van der Waals surface area contributed by atoms with Crippen LogP contribution < -0.4 is 0 Å². The van der Waals surface area contributed by atoms with Crippen molar-refractivity contribution in [2.75, 3.05) is 6.61 Å². The molecule has 31 heavy (non-hydrogen) atoms. The standard InChI is InChI=1S/C22H40O7P2/c1-7-22(17-28-31(26,27)29-30(23,24)25)21(6)16-10-15-20(5)14-9-13-19(4)12-8-11-18(2)3/h11,13,15H,7-10,12,14,16-17H2,1-6H3,(H,26,27)(H2,23,24,25)/b19-13+,20-15+,22-21+. The third kappa shape index (κ3) is 17.5. The summed E-state index contributed by atoms with van der Waals surface area (Å²) in [5, 5.41) is 0. The summed E-state index contributed by atoms with van der Waals surface area (Å²) < 4.78 is 30.9. The minimum Gasteiger partial charge on any atom is -0.302 e. The third-order valence-electron chi connectivity index (χ3n) is 4.78. The summed E-state index contributed by atoms with van der Waals surface area (Å²) >= 11 is 0. The summed E-state index contributed by atoms with van der Waals surface area (Å²) in [5.74, 6) is 0. The lowest BCUT2D eigenvalue weighted by atomic mass is 10.0. The van der Waals surface area contributed by atoms with Gasteiger partial charge in [0, 0.05) is 0 Å². The molecule has 0 aromatic rings. The lowest BCUT2D eigenvalue weighted by Crippen LogP contribution is -2.01. The fourth-order valence-electron chi connectivity index (χ4n) is 2.90. The molecule has 0 radical (unpaired) electrons. The van der Waals surface area contributed by atoms with E-state index in [2.05, 4.69) is 50.2 Å². The number of phosphoric ester groups is 1. The summed E-state index contributed by atoms with van der Waals surface area (Å²) in [5.41, 5.74) is 5.93. The molecule has 0 amide bonds. The molecule has 0 saturated carbocycles. The minimum absolute atomic E-state index is 0.213. The van der Waals surface area contributed by atoms with E-state index in [4.69, 9.17) is 14.3 Å². The van der Waals surface area contributed by atoms with Crippen LogP contribution in [0.2, 0.25) is 0 Å². The summed E-state index contributed by atoms with van der Waals surface area (Å²) in [6.07, 6.45) is 13.2. The monoisotopic (exact) mass is 478 g/mol. The van der Waals surface area contributed by atoms with Gasteiger partial charge in [0.15, 0.2) is 0 Å². The molecule has 180 valence electrons. The van der Waals surface area contributed by atoms with Crippen molar-refractivity contribution in [3.8, 4) is 0 Å². The second-order valence-corrected chi connectivity index (χ2v) is 10.9. The van der Waals surface area contributed by atoms with Crippen molar-refractivity contribution >= 4 is 15.6 Å². The van der Waals surface area contributed by atoms with Crippen molar-refractivity contribution in [3.05, 3.63) is 46.1 Å². The van der Waals surface area contributed by atoms with Crippen LogP contribution in [0, 0.1) is 0 Å².